The Hall–Kier alpha value is -2.68. The van der Waals surface area contributed by atoms with Gasteiger partial charge in [-0.3, -0.25) is 14.1 Å². The van der Waals surface area contributed by atoms with Crippen LogP contribution in [-0.2, 0) is 16.6 Å². The molecule has 0 aliphatic rings. The van der Waals surface area contributed by atoms with Crippen LogP contribution in [0.15, 0.2) is 70.4 Å². The fourth-order valence-electron chi connectivity index (χ4n) is 3.19. The Morgan fingerprint density at radius 2 is 1.76 bits per heavy atom. The molecule has 29 heavy (non-hydrogen) atoms. The molecule has 3 aromatic carbocycles. The van der Waals surface area contributed by atoms with Crippen LogP contribution in [0, 0.1) is 0 Å². The quantitative estimate of drug-likeness (QED) is 0.511. The maximum absolute atomic E-state index is 12.9. The Kier molecular flexibility index (Phi) is 5.16. The number of anilines is 1. The molecule has 150 valence electrons. The summed E-state index contributed by atoms with van der Waals surface area (Å²) in [4.78, 5) is 14.5. The lowest BCUT2D eigenvalue weighted by molar-refractivity contribution is 0.385. The third-order valence-corrected chi connectivity index (χ3v) is 7.04. The van der Waals surface area contributed by atoms with Gasteiger partial charge in [-0.2, -0.15) is 0 Å². The monoisotopic (exact) mass is 427 g/mol. The van der Waals surface area contributed by atoms with Crippen molar-refractivity contribution in [3.63, 3.8) is 0 Å². The van der Waals surface area contributed by atoms with Crippen molar-refractivity contribution in [2.45, 2.75) is 11.4 Å². The van der Waals surface area contributed by atoms with Crippen LogP contribution in [0.4, 0.5) is 5.69 Å². The van der Waals surface area contributed by atoms with E-state index in [1.807, 2.05) is 43.3 Å². The Morgan fingerprint density at radius 1 is 1.00 bits per heavy atom. The number of rotatable bonds is 6. The lowest BCUT2D eigenvalue weighted by atomic mass is 10.1. The second-order valence-electron chi connectivity index (χ2n) is 7.12. The smallest absolute Gasteiger partial charge is 0.308 e. The summed E-state index contributed by atoms with van der Waals surface area (Å²) in [5, 5.41) is 1.85. The third kappa shape index (κ3) is 4.05. The zero-order chi connectivity index (χ0) is 20.6. The highest BCUT2D eigenvalue weighted by atomic mass is 32.2. The SMILES string of the molecule is CN(C)CCn1c(=O)sc2cc(NS(=O)(=O)c3ccc4ccccc4c3)ccc21. The number of nitrogens with one attached hydrogen (secondary N) is 1. The van der Waals surface area contributed by atoms with Crippen LogP contribution in [-0.4, -0.2) is 38.5 Å². The van der Waals surface area contributed by atoms with Gasteiger partial charge >= 0.3 is 4.87 Å². The Bertz CT molecular complexity index is 1350. The summed E-state index contributed by atoms with van der Waals surface area (Å²) in [5.74, 6) is 0. The number of nitrogens with zero attached hydrogens (tertiary/aromatic N) is 2. The molecule has 0 radical (unpaired) electrons. The molecule has 0 aliphatic carbocycles. The van der Waals surface area contributed by atoms with Gasteiger partial charge in [0.15, 0.2) is 0 Å². The predicted molar refractivity (Wildman–Crippen MR) is 119 cm³/mol. The van der Waals surface area contributed by atoms with E-state index >= 15 is 0 Å². The van der Waals surface area contributed by atoms with Crippen molar-refractivity contribution in [3.8, 4) is 0 Å². The summed E-state index contributed by atoms with van der Waals surface area (Å²) < 4.78 is 30.8. The van der Waals surface area contributed by atoms with Crippen molar-refractivity contribution in [2.24, 2.45) is 0 Å². The zero-order valence-corrected chi connectivity index (χ0v) is 17.8. The number of aromatic nitrogens is 1. The normalized spacial score (nSPS) is 12.1. The van der Waals surface area contributed by atoms with E-state index in [1.54, 1.807) is 41.0 Å². The molecule has 1 heterocycles. The van der Waals surface area contributed by atoms with Crippen LogP contribution in [0.2, 0.25) is 0 Å². The highest BCUT2D eigenvalue weighted by Gasteiger charge is 2.16. The van der Waals surface area contributed by atoms with Gasteiger partial charge in [0.25, 0.3) is 10.0 Å². The van der Waals surface area contributed by atoms with E-state index < -0.39 is 10.0 Å². The first-order chi connectivity index (χ1) is 13.8. The fraction of sp³-hybridized carbons (Fsp3) is 0.190. The van der Waals surface area contributed by atoms with E-state index in [-0.39, 0.29) is 9.77 Å². The molecule has 8 heteroatoms. The number of thiazole rings is 1. The van der Waals surface area contributed by atoms with E-state index in [4.69, 9.17) is 0 Å². The summed E-state index contributed by atoms with van der Waals surface area (Å²) in [5.41, 5.74) is 1.25. The molecule has 0 bridgehead atoms. The lowest BCUT2D eigenvalue weighted by Gasteiger charge is -2.11. The maximum atomic E-state index is 12.9. The van der Waals surface area contributed by atoms with Gasteiger partial charge in [-0.05, 0) is 55.2 Å². The van der Waals surface area contributed by atoms with Crippen molar-refractivity contribution in [2.75, 3.05) is 25.4 Å². The lowest BCUT2D eigenvalue weighted by Crippen LogP contribution is -2.23. The number of benzene rings is 3. The molecule has 0 unspecified atom stereocenters. The number of likely N-dealkylation sites (N-methyl/N-ethyl adjacent to an activating group) is 1. The van der Waals surface area contributed by atoms with Gasteiger partial charge in [-0.25, -0.2) is 8.42 Å². The van der Waals surface area contributed by atoms with E-state index in [0.717, 1.165) is 38.9 Å². The average Bonchev–Trinajstić information content (AvgIpc) is 2.99. The Labute approximate surface area is 173 Å². The zero-order valence-electron chi connectivity index (χ0n) is 16.1. The molecule has 0 amide bonds. The van der Waals surface area contributed by atoms with Crippen molar-refractivity contribution in [1.82, 2.24) is 9.47 Å². The standard InChI is InChI=1S/C21H21N3O3S2/c1-23(2)11-12-24-19-10-8-17(14-20(19)28-21(24)25)22-29(26,27)18-9-7-15-5-3-4-6-16(15)13-18/h3-10,13-14,22H,11-12H2,1-2H3. The van der Waals surface area contributed by atoms with Gasteiger partial charge in [0, 0.05) is 13.1 Å². The van der Waals surface area contributed by atoms with E-state index in [0.29, 0.717) is 12.2 Å². The Morgan fingerprint density at radius 3 is 2.52 bits per heavy atom. The fourth-order valence-corrected chi connectivity index (χ4v) is 5.23. The van der Waals surface area contributed by atoms with Crippen LogP contribution in [0.5, 0.6) is 0 Å². The molecule has 1 N–H and O–H groups in total. The molecule has 0 saturated heterocycles. The minimum atomic E-state index is -3.74. The highest BCUT2D eigenvalue weighted by molar-refractivity contribution is 7.92. The van der Waals surface area contributed by atoms with Crippen LogP contribution in [0.25, 0.3) is 21.0 Å². The van der Waals surface area contributed by atoms with Crippen LogP contribution in [0.3, 0.4) is 0 Å². The molecule has 0 atom stereocenters. The first kappa shape index (κ1) is 19.6. The molecule has 0 saturated carbocycles. The van der Waals surface area contributed by atoms with Crippen LogP contribution >= 0.6 is 11.3 Å². The molecule has 1 aromatic heterocycles. The number of sulfonamides is 1. The summed E-state index contributed by atoms with van der Waals surface area (Å²) in [7, 11) is 0.180. The van der Waals surface area contributed by atoms with Crippen LogP contribution in [0.1, 0.15) is 0 Å². The molecule has 6 nitrogen and oxygen atoms in total. The van der Waals surface area contributed by atoms with Gasteiger partial charge in [-0.15, -0.1) is 0 Å². The molecular formula is C21H21N3O3S2. The first-order valence-corrected chi connectivity index (χ1v) is 11.4. The third-order valence-electron chi connectivity index (χ3n) is 4.72. The number of hydrogen-bond acceptors (Lipinski definition) is 5. The maximum Gasteiger partial charge on any atom is 0.308 e. The number of hydrogen-bond donors (Lipinski definition) is 1. The average molecular weight is 428 g/mol. The van der Waals surface area contributed by atoms with Gasteiger partial charge < -0.3 is 4.90 Å². The van der Waals surface area contributed by atoms with E-state index in [2.05, 4.69) is 4.72 Å². The van der Waals surface area contributed by atoms with Crippen molar-refractivity contribution < 1.29 is 8.42 Å². The number of fused-ring (bicyclic) bond motifs is 2. The molecule has 4 aromatic rings. The summed E-state index contributed by atoms with van der Waals surface area (Å²) in [6.45, 7) is 1.34. The van der Waals surface area contributed by atoms with Crippen molar-refractivity contribution in [1.29, 1.82) is 0 Å². The van der Waals surface area contributed by atoms with Gasteiger partial charge in [0.1, 0.15) is 0 Å². The van der Waals surface area contributed by atoms with Gasteiger partial charge in [-0.1, -0.05) is 41.7 Å². The minimum Gasteiger partial charge on any atom is -0.308 e. The first-order valence-electron chi connectivity index (χ1n) is 9.13. The van der Waals surface area contributed by atoms with Gasteiger partial charge in [0.2, 0.25) is 0 Å². The molecule has 0 spiro atoms. The summed E-state index contributed by atoms with van der Waals surface area (Å²) >= 11 is 1.12. The molecule has 0 fully saturated rings. The van der Waals surface area contributed by atoms with E-state index in [1.165, 1.54) is 0 Å². The predicted octanol–water partition coefficient (Wildman–Crippen LogP) is 3.58. The minimum absolute atomic E-state index is 0.0450. The summed E-state index contributed by atoms with van der Waals surface area (Å²) in [6.07, 6.45) is 0. The molecule has 4 rings (SSSR count). The second kappa shape index (κ2) is 7.62. The van der Waals surface area contributed by atoms with Crippen molar-refractivity contribution in [3.05, 3.63) is 70.3 Å². The Balaban J connectivity index is 1.65. The molecular weight excluding hydrogens is 406 g/mol. The van der Waals surface area contributed by atoms with Gasteiger partial charge in [0.05, 0.1) is 20.8 Å². The van der Waals surface area contributed by atoms with E-state index in [9.17, 15) is 13.2 Å². The van der Waals surface area contributed by atoms with Crippen molar-refractivity contribution >= 4 is 48.0 Å². The van der Waals surface area contributed by atoms with Crippen LogP contribution < -0.4 is 9.60 Å². The summed E-state index contributed by atoms with van der Waals surface area (Å²) in [6, 6.07) is 17.9. The molecule has 0 aliphatic heterocycles. The second-order valence-corrected chi connectivity index (χ2v) is 9.80. The topological polar surface area (TPSA) is 71.4 Å². The highest BCUT2D eigenvalue weighted by Crippen LogP contribution is 2.25. The largest absolute Gasteiger partial charge is 0.308 e.